The smallest absolute Gasteiger partial charge is 0.240 e. The minimum atomic E-state index is -3.61. The molecule has 3 aromatic rings. The van der Waals surface area contributed by atoms with Crippen molar-refractivity contribution in [3.05, 3.63) is 47.0 Å². The second-order valence-electron chi connectivity index (χ2n) is 16.0. The van der Waals surface area contributed by atoms with Gasteiger partial charge in [-0.2, -0.15) is 0 Å². The highest BCUT2D eigenvalue weighted by Gasteiger charge is 2.53. The summed E-state index contributed by atoms with van der Waals surface area (Å²) in [5.41, 5.74) is 15.5. The van der Waals surface area contributed by atoms with Crippen LogP contribution < -0.4 is 25.7 Å². The molecule has 3 amide bonds. The molecular formula is C40H54N6O7S2. The molecule has 6 rings (SSSR count). The Kier molecular flexibility index (Phi) is 11.9. The molecule has 1 aliphatic heterocycles. The number of rotatable bonds is 17. The number of nitrogens with one attached hydrogen (secondary N) is 1. The van der Waals surface area contributed by atoms with E-state index in [1.54, 1.807) is 14.0 Å². The number of aromatic nitrogens is 2. The van der Waals surface area contributed by atoms with Crippen LogP contribution in [0.1, 0.15) is 96.2 Å². The Balaban J connectivity index is 1.04. The predicted molar refractivity (Wildman–Crippen MR) is 213 cm³/mol. The fraction of sp³-hybridized carbons (Fsp3) is 0.575. The van der Waals surface area contributed by atoms with Crippen LogP contribution in [0.25, 0.3) is 21.6 Å². The first-order valence-electron chi connectivity index (χ1n) is 19.2. The van der Waals surface area contributed by atoms with Crippen molar-refractivity contribution in [1.29, 1.82) is 0 Å². The first-order chi connectivity index (χ1) is 26.0. The van der Waals surface area contributed by atoms with Crippen molar-refractivity contribution in [2.75, 3.05) is 13.7 Å². The van der Waals surface area contributed by atoms with E-state index < -0.39 is 50.7 Å². The quantitative estimate of drug-likeness (QED) is 0.118. The van der Waals surface area contributed by atoms with Gasteiger partial charge in [0.1, 0.15) is 34.3 Å². The maximum atomic E-state index is 13.7. The average molecular weight is 795 g/mol. The molecule has 0 bridgehead atoms. The van der Waals surface area contributed by atoms with Gasteiger partial charge in [0.05, 0.1) is 35.7 Å². The molecule has 2 aliphatic carbocycles. The first-order valence-corrected chi connectivity index (χ1v) is 21.6. The molecule has 13 nitrogen and oxygen atoms in total. The number of benzene rings is 1. The van der Waals surface area contributed by atoms with Crippen molar-refractivity contribution in [1.82, 2.24) is 19.6 Å². The Hall–Kier alpha value is -4.08. The van der Waals surface area contributed by atoms with Gasteiger partial charge in [-0.15, -0.1) is 11.3 Å². The topological polar surface area (TPSA) is 197 Å². The molecule has 5 N–H and O–H groups in total. The molecule has 6 unspecified atom stereocenters. The van der Waals surface area contributed by atoms with Gasteiger partial charge in [0.25, 0.3) is 0 Å². The van der Waals surface area contributed by atoms with Gasteiger partial charge < -0.3 is 25.8 Å². The summed E-state index contributed by atoms with van der Waals surface area (Å²) in [5, 5.41) is 3.57. The van der Waals surface area contributed by atoms with Crippen molar-refractivity contribution >= 4 is 50.0 Å². The van der Waals surface area contributed by atoms with Gasteiger partial charge in [-0.25, -0.2) is 18.4 Å². The van der Waals surface area contributed by atoms with Gasteiger partial charge in [0.15, 0.2) is 0 Å². The zero-order chi connectivity index (χ0) is 39.8. The van der Waals surface area contributed by atoms with E-state index in [1.807, 2.05) is 49.6 Å². The Morgan fingerprint density at radius 2 is 1.89 bits per heavy atom. The van der Waals surface area contributed by atoms with Crippen LogP contribution >= 0.6 is 11.3 Å². The third-order valence-electron chi connectivity index (χ3n) is 11.4. The number of unbranched alkanes of at least 4 members (excludes halogenated alkanes) is 3. The average Bonchev–Trinajstić information content (AvgIpc) is 4.00. The summed E-state index contributed by atoms with van der Waals surface area (Å²) in [7, 11) is -2.00. The molecule has 55 heavy (non-hydrogen) atoms. The van der Waals surface area contributed by atoms with Crippen LogP contribution in [0.15, 0.2) is 35.7 Å². The monoisotopic (exact) mass is 794 g/mol. The number of nitrogens with two attached hydrogens (primary N) is 2. The minimum absolute atomic E-state index is 0.0602. The molecule has 0 spiro atoms. The fourth-order valence-corrected chi connectivity index (χ4v) is 9.54. The molecule has 1 saturated heterocycles. The van der Waals surface area contributed by atoms with Crippen molar-refractivity contribution in [2.45, 2.75) is 115 Å². The SMILES string of the molecule is COc1ccc2c(OC3CN(C(=O)C(N)CCCCCC=CC4CC4C(=O)NS(=O)(=O)C4(C)CC4)C(C(N)=O)C3C)cc(-c3nc(C(C)C)cs3)nc2c1C. The molecule has 0 radical (unpaired) electrons. The third kappa shape index (κ3) is 8.68. The van der Waals surface area contributed by atoms with Crippen LogP contribution in [-0.4, -0.2) is 77.6 Å². The molecule has 3 aliphatic rings. The summed E-state index contributed by atoms with van der Waals surface area (Å²) in [5.74, 6) is -0.456. The molecule has 2 aromatic heterocycles. The van der Waals surface area contributed by atoms with E-state index in [9.17, 15) is 22.8 Å². The van der Waals surface area contributed by atoms with Crippen LogP contribution in [0, 0.1) is 24.7 Å². The summed E-state index contributed by atoms with van der Waals surface area (Å²) in [4.78, 5) is 50.2. The Bertz CT molecular complexity index is 2080. The number of carbonyl (C=O) groups is 3. The van der Waals surface area contributed by atoms with E-state index in [2.05, 4.69) is 18.6 Å². The summed E-state index contributed by atoms with van der Waals surface area (Å²) < 4.78 is 38.5. The second-order valence-corrected chi connectivity index (χ2v) is 19.0. The predicted octanol–water partition coefficient (Wildman–Crippen LogP) is 5.35. The molecule has 298 valence electrons. The number of primary amides is 1. The van der Waals surface area contributed by atoms with E-state index in [-0.39, 0.29) is 30.2 Å². The number of hydrogen-bond acceptors (Lipinski definition) is 11. The minimum Gasteiger partial charge on any atom is -0.496 e. The fourth-order valence-electron chi connectivity index (χ4n) is 7.30. The van der Waals surface area contributed by atoms with Crippen molar-refractivity contribution in [2.24, 2.45) is 29.2 Å². The number of amides is 3. The van der Waals surface area contributed by atoms with Crippen molar-refractivity contribution in [3.63, 3.8) is 0 Å². The number of sulfonamides is 1. The zero-order valence-electron chi connectivity index (χ0n) is 32.5. The lowest BCUT2D eigenvalue weighted by molar-refractivity contribution is -0.139. The number of ether oxygens (including phenoxy) is 2. The van der Waals surface area contributed by atoms with Crippen molar-refractivity contribution in [3.8, 4) is 22.2 Å². The van der Waals surface area contributed by atoms with Crippen LogP contribution in [0.3, 0.4) is 0 Å². The molecule has 15 heteroatoms. The Morgan fingerprint density at radius 3 is 2.55 bits per heavy atom. The highest BCUT2D eigenvalue weighted by Crippen LogP contribution is 2.44. The second kappa shape index (κ2) is 16.2. The number of aryl methyl sites for hydroxylation is 1. The largest absolute Gasteiger partial charge is 0.496 e. The first kappa shape index (κ1) is 40.6. The number of likely N-dealkylation sites (tertiary alicyclic amines) is 1. The Labute approximate surface area is 327 Å². The lowest BCUT2D eigenvalue weighted by Crippen LogP contribution is -2.51. The molecule has 6 atom stereocenters. The molecular weight excluding hydrogens is 741 g/mol. The molecule has 3 fully saturated rings. The van der Waals surface area contributed by atoms with Gasteiger partial charge in [-0.1, -0.05) is 45.8 Å². The normalized spacial score (nSPS) is 23.6. The third-order valence-corrected chi connectivity index (χ3v) is 14.5. The summed E-state index contributed by atoms with van der Waals surface area (Å²) in [6.07, 6.45) is 9.02. The van der Waals surface area contributed by atoms with Gasteiger partial charge >= 0.3 is 0 Å². The maximum Gasteiger partial charge on any atom is 0.240 e. The lowest BCUT2D eigenvalue weighted by Gasteiger charge is -2.26. The molecule has 3 heterocycles. The molecule has 2 saturated carbocycles. The number of hydrogen-bond donors (Lipinski definition) is 3. The highest BCUT2D eigenvalue weighted by molar-refractivity contribution is 7.91. The maximum absolute atomic E-state index is 13.7. The van der Waals surface area contributed by atoms with E-state index in [0.717, 1.165) is 47.3 Å². The lowest BCUT2D eigenvalue weighted by atomic mass is 9.99. The number of allylic oxidation sites excluding steroid dienone is 2. The number of nitrogens with zero attached hydrogens (tertiary/aromatic N) is 3. The Morgan fingerprint density at radius 1 is 1.15 bits per heavy atom. The van der Waals surface area contributed by atoms with Gasteiger partial charge in [0, 0.05) is 34.2 Å². The van der Waals surface area contributed by atoms with Gasteiger partial charge in [0.2, 0.25) is 27.7 Å². The highest BCUT2D eigenvalue weighted by atomic mass is 32.2. The van der Waals surface area contributed by atoms with Gasteiger partial charge in [-0.3, -0.25) is 19.1 Å². The van der Waals surface area contributed by atoms with E-state index in [4.69, 9.17) is 30.9 Å². The van der Waals surface area contributed by atoms with Crippen LogP contribution in [0.2, 0.25) is 0 Å². The van der Waals surface area contributed by atoms with E-state index in [1.165, 1.54) is 16.2 Å². The molecule has 1 aromatic carbocycles. The summed E-state index contributed by atoms with van der Waals surface area (Å²) in [6, 6.07) is 3.98. The van der Waals surface area contributed by atoms with Crippen LogP contribution in [0.4, 0.5) is 0 Å². The summed E-state index contributed by atoms with van der Waals surface area (Å²) >= 11 is 1.52. The van der Waals surface area contributed by atoms with E-state index >= 15 is 0 Å². The van der Waals surface area contributed by atoms with Crippen LogP contribution in [-0.2, 0) is 24.4 Å². The number of thiazole rings is 1. The number of pyridine rings is 1. The number of methoxy groups -OCH3 is 1. The van der Waals surface area contributed by atoms with E-state index in [0.29, 0.717) is 48.4 Å². The standard InChI is InChI=1S/C40H54N6O7S2/c1-22(2)30-21-54-38(44-30)29-19-32(26-14-15-31(52-6)23(3)34(26)43-29)53-33-20-46(35(24(33)4)36(42)47)39(49)28(41)13-11-9-7-8-10-12-25-18-27(25)37(48)45-55(50,51)40(5)16-17-40/h10,12,14-15,19,21-22,24-25,27-28,33,35H,7-9,11,13,16-18,20,41H2,1-6H3,(H2,42,47)(H,45,48). The van der Waals surface area contributed by atoms with Crippen LogP contribution in [0.5, 0.6) is 11.5 Å². The zero-order valence-corrected chi connectivity index (χ0v) is 34.2. The van der Waals surface area contributed by atoms with Gasteiger partial charge in [-0.05, 0) is 76.3 Å². The number of fused-ring (bicyclic) bond motifs is 1. The van der Waals surface area contributed by atoms with Crippen molar-refractivity contribution < 1.29 is 32.3 Å². The summed E-state index contributed by atoms with van der Waals surface area (Å²) in [6.45, 7) is 9.82. The number of carbonyl (C=O) groups excluding carboxylic acids is 3.